The van der Waals surface area contributed by atoms with E-state index < -0.39 is 6.98 Å². The van der Waals surface area contributed by atoms with Gasteiger partial charge in [-0.25, -0.2) is 5.26 Å². The first-order valence-electron chi connectivity index (χ1n) is 1.88. The number of hydrogen-bond acceptors (Lipinski definition) is 3. The lowest BCUT2D eigenvalue weighted by atomic mass is 9.84. The van der Waals surface area contributed by atoms with Crippen LogP contribution in [0.15, 0.2) is 9.81 Å². The molecule has 4 heteroatoms. The standard InChI is InChI=1S/C3H2BN3/c5-3-4-6-1-2-7-4/h1-2H. The van der Waals surface area contributed by atoms with Crippen molar-refractivity contribution < 1.29 is 0 Å². The van der Waals surface area contributed by atoms with Gasteiger partial charge in [-0.1, -0.05) is 0 Å². The minimum Gasteiger partial charge on any atom is -0.306 e. The zero-order valence-corrected chi connectivity index (χ0v) is 3.57. The van der Waals surface area contributed by atoms with Crippen LogP contribution in [-0.4, -0.2) is 19.4 Å². The zero-order chi connectivity index (χ0) is 5.11. The zero-order valence-electron chi connectivity index (χ0n) is 3.57. The van der Waals surface area contributed by atoms with Crippen LogP contribution in [-0.2, 0) is 0 Å². The molecule has 0 bridgehead atoms. The van der Waals surface area contributed by atoms with Crippen molar-refractivity contribution in [3.05, 3.63) is 0 Å². The molecule has 0 aromatic carbocycles. The molecule has 0 atom stereocenters. The van der Waals surface area contributed by atoms with Gasteiger partial charge < -0.3 is 9.81 Å². The average molecular weight is 90.9 g/mol. The van der Waals surface area contributed by atoms with Crippen molar-refractivity contribution in [2.45, 2.75) is 0 Å². The number of hydrogen-bond donors (Lipinski definition) is 0. The van der Waals surface area contributed by atoms with Crippen LogP contribution in [0.1, 0.15) is 0 Å². The van der Waals surface area contributed by atoms with Gasteiger partial charge in [0.1, 0.15) is 0 Å². The molecule has 1 rings (SSSR count). The molecule has 0 radical (unpaired) electrons. The Kier molecular flexibility index (Phi) is 0.907. The molecule has 32 valence electrons. The molecule has 3 nitrogen and oxygen atoms in total. The van der Waals surface area contributed by atoms with Crippen molar-refractivity contribution in [2.75, 3.05) is 0 Å². The molecule has 0 amide bonds. The van der Waals surface area contributed by atoms with E-state index in [1.54, 1.807) is 0 Å². The van der Waals surface area contributed by atoms with Crippen molar-refractivity contribution in [1.82, 2.24) is 0 Å². The monoisotopic (exact) mass is 91.0 g/mol. The molecule has 0 spiro atoms. The van der Waals surface area contributed by atoms with E-state index in [1.165, 1.54) is 12.4 Å². The van der Waals surface area contributed by atoms with E-state index in [9.17, 15) is 0 Å². The maximum Gasteiger partial charge on any atom is 0.532 e. The van der Waals surface area contributed by atoms with E-state index in [2.05, 4.69) is 9.81 Å². The topological polar surface area (TPSA) is 48.5 Å². The highest BCUT2D eigenvalue weighted by Gasteiger charge is 2.10. The third-order valence-corrected chi connectivity index (χ3v) is 0.637. The number of nitrogens with zero attached hydrogens (tertiary/aromatic N) is 3. The summed E-state index contributed by atoms with van der Waals surface area (Å²) in [5, 5.41) is 8.09. The molecule has 0 saturated heterocycles. The Morgan fingerprint density at radius 3 is 2.29 bits per heavy atom. The second kappa shape index (κ2) is 1.56. The minimum atomic E-state index is -0.458. The van der Waals surface area contributed by atoms with Gasteiger partial charge in [0.05, 0.1) is 5.97 Å². The van der Waals surface area contributed by atoms with Crippen LogP contribution < -0.4 is 0 Å². The summed E-state index contributed by atoms with van der Waals surface area (Å²) in [6.07, 6.45) is 3.04. The Bertz CT molecular complexity index is 142. The van der Waals surface area contributed by atoms with E-state index in [1.807, 2.05) is 5.97 Å². The Balaban J connectivity index is 2.65. The van der Waals surface area contributed by atoms with Crippen molar-refractivity contribution in [1.29, 1.82) is 5.26 Å². The summed E-state index contributed by atoms with van der Waals surface area (Å²) in [6.45, 7) is -0.458. The average Bonchev–Trinajstić information content (AvgIpc) is 2.14. The Labute approximate surface area is 41.5 Å². The van der Waals surface area contributed by atoms with Crippen molar-refractivity contribution in [2.24, 2.45) is 9.81 Å². The van der Waals surface area contributed by atoms with Gasteiger partial charge in [-0.3, -0.25) is 0 Å². The van der Waals surface area contributed by atoms with E-state index in [0.29, 0.717) is 0 Å². The van der Waals surface area contributed by atoms with Crippen LogP contribution in [0.4, 0.5) is 0 Å². The first-order chi connectivity index (χ1) is 3.43. The van der Waals surface area contributed by atoms with Crippen LogP contribution >= 0.6 is 0 Å². The molecular weight excluding hydrogens is 88.9 g/mol. The first kappa shape index (κ1) is 4.06. The summed E-state index contributed by atoms with van der Waals surface area (Å²) in [5.74, 6) is 1.87. The van der Waals surface area contributed by atoms with E-state index >= 15 is 0 Å². The Morgan fingerprint density at radius 2 is 2.00 bits per heavy atom. The largest absolute Gasteiger partial charge is 0.532 e. The molecule has 1 aliphatic heterocycles. The highest BCUT2D eigenvalue weighted by Crippen LogP contribution is 1.85. The molecule has 0 aromatic heterocycles. The molecule has 0 saturated carbocycles. The molecule has 0 aromatic rings. The van der Waals surface area contributed by atoms with E-state index in [0.717, 1.165) is 0 Å². The van der Waals surface area contributed by atoms with Crippen LogP contribution in [0, 0.1) is 11.2 Å². The van der Waals surface area contributed by atoms with Crippen molar-refractivity contribution in [3.8, 4) is 5.97 Å². The lowest BCUT2D eigenvalue weighted by Crippen LogP contribution is -1.96. The highest BCUT2D eigenvalue weighted by molar-refractivity contribution is 6.69. The summed E-state index contributed by atoms with van der Waals surface area (Å²) < 4.78 is 0. The van der Waals surface area contributed by atoms with Gasteiger partial charge in [0, 0.05) is 12.4 Å². The third kappa shape index (κ3) is 0.658. The molecule has 1 heterocycles. The summed E-state index contributed by atoms with van der Waals surface area (Å²) in [6, 6.07) is 0. The highest BCUT2D eigenvalue weighted by atomic mass is 14.8. The normalized spacial score (nSPS) is 15.0. The molecular formula is C3H2BN3. The Hall–Kier alpha value is -1.11. The predicted octanol–water partition coefficient (Wildman–Crippen LogP) is -0.307. The van der Waals surface area contributed by atoms with Crippen LogP contribution in [0.2, 0.25) is 0 Å². The Morgan fingerprint density at radius 1 is 1.43 bits per heavy atom. The predicted molar refractivity (Wildman–Crippen MR) is 28.4 cm³/mol. The molecule has 0 fully saturated rings. The van der Waals surface area contributed by atoms with Crippen LogP contribution in [0.3, 0.4) is 0 Å². The maximum atomic E-state index is 8.09. The van der Waals surface area contributed by atoms with Gasteiger partial charge in [0.15, 0.2) is 0 Å². The number of nitriles is 1. The smallest absolute Gasteiger partial charge is 0.306 e. The molecule has 1 aliphatic rings. The number of rotatable bonds is 0. The fraction of sp³-hybridized carbons (Fsp3) is 0. The second-order valence-electron chi connectivity index (χ2n) is 1.10. The van der Waals surface area contributed by atoms with Crippen molar-refractivity contribution >= 4 is 19.4 Å². The molecule has 0 N–H and O–H groups in total. The SMILES string of the molecule is N#CB1N=CC=N1. The van der Waals surface area contributed by atoms with Gasteiger partial charge in [0.25, 0.3) is 0 Å². The summed E-state index contributed by atoms with van der Waals surface area (Å²) >= 11 is 0. The quantitative estimate of drug-likeness (QED) is 0.377. The fourth-order valence-electron chi connectivity index (χ4n) is 0.345. The van der Waals surface area contributed by atoms with Gasteiger partial charge >= 0.3 is 6.98 Å². The molecule has 0 unspecified atom stereocenters. The van der Waals surface area contributed by atoms with Crippen molar-refractivity contribution in [3.63, 3.8) is 0 Å². The van der Waals surface area contributed by atoms with Crippen LogP contribution in [0.5, 0.6) is 0 Å². The summed E-state index contributed by atoms with van der Waals surface area (Å²) in [7, 11) is 0. The minimum absolute atomic E-state index is 0.458. The van der Waals surface area contributed by atoms with Crippen LogP contribution in [0.25, 0.3) is 0 Å². The summed E-state index contributed by atoms with van der Waals surface area (Å²) in [4.78, 5) is 7.29. The lowest BCUT2D eigenvalue weighted by Gasteiger charge is -1.72. The summed E-state index contributed by atoms with van der Waals surface area (Å²) in [5.41, 5.74) is 0. The first-order valence-corrected chi connectivity index (χ1v) is 1.88. The van der Waals surface area contributed by atoms with Gasteiger partial charge in [-0.05, 0) is 0 Å². The second-order valence-corrected chi connectivity index (χ2v) is 1.10. The van der Waals surface area contributed by atoms with E-state index in [4.69, 9.17) is 5.26 Å². The van der Waals surface area contributed by atoms with Gasteiger partial charge in [-0.2, -0.15) is 0 Å². The fourth-order valence-corrected chi connectivity index (χ4v) is 0.345. The molecule has 0 aliphatic carbocycles. The van der Waals surface area contributed by atoms with Gasteiger partial charge in [0.2, 0.25) is 0 Å². The maximum absolute atomic E-state index is 8.09. The van der Waals surface area contributed by atoms with E-state index in [-0.39, 0.29) is 0 Å². The lowest BCUT2D eigenvalue weighted by molar-refractivity contribution is 1.53. The third-order valence-electron chi connectivity index (χ3n) is 0.637. The van der Waals surface area contributed by atoms with Gasteiger partial charge in [-0.15, -0.1) is 0 Å². The molecule has 7 heavy (non-hydrogen) atoms.